The zero-order valence-electron chi connectivity index (χ0n) is 17.8. The van der Waals surface area contributed by atoms with Crippen LogP contribution in [0, 0.1) is 25.5 Å². The Morgan fingerprint density at radius 3 is 2.45 bits per heavy atom. The predicted molar refractivity (Wildman–Crippen MR) is 123 cm³/mol. The molecular weight excluding hydrogens is 444 g/mol. The largest absolute Gasteiger partial charge is 0.309 e. The molecule has 0 unspecified atom stereocenters. The van der Waals surface area contributed by atoms with Crippen molar-refractivity contribution in [2.45, 2.75) is 19.1 Å². The van der Waals surface area contributed by atoms with Crippen molar-refractivity contribution in [1.29, 1.82) is 0 Å². The number of carbonyl (C=O) groups is 1. The normalized spacial score (nSPS) is 15.6. The fraction of sp³-hybridized carbons (Fsp3) is 0.167. The predicted octanol–water partition coefficient (Wildman–Crippen LogP) is 5.00. The Labute approximate surface area is 193 Å². The number of anilines is 1. The molecule has 0 saturated heterocycles. The van der Waals surface area contributed by atoms with Crippen LogP contribution in [0.25, 0.3) is 17.2 Å². The number of aromatic nitrogens is 4. The maximum Gasteiger partial charge on any atom is 0.252 e. The standard InChI is InChI=1S/C24H19F2N5OS/c1-13-10-14(2)28-24(27-13)31-23-20(21(30-31)15-6-4-3-5-7-15)22(33-12-19(32)29-23)17-9-8-16(25)11-18(17)26/h3-11,22H,12H2,1-2H3,(H,29,32)/t22-/m1/s1. The lowest BCUT2D eigenvalue weighted by Crippen LogP contribution is -2.17. The van der Waals surface area contributed by atoms with Crippen LogP contribution < -0.4 is 5.32 Å². The van der Waals surface area contributed by atoms with E-state index in [0.29, 0.717) is 23.0 Å². The highest BCUT2D eigenvalue weighted by Crippen LogP contribution is 2.47. The number of benzene rings is 2. The molecule has 6 nitrogen and oxygen atoms in total. The first-order valence-electron chi connectivity index (χ1n) is 10.3. The summed E-state index contributed by atoms with van der Waals surface area (Å²) < 4.78 is 30.1. The van der Waals surface area contributed by atoms with Gasteiger partial charge in [0.15, 0.2) is 0 Å². The van der Waals surface area contributed by atoms with Gasteiger partial charge in [0.25, 0.3) is 5.95 Å². The fourth-order valence-corrected chi connectivity index (χ4v) is 5.08. The molecule has 0 fully saturated rings. The lowest BCUT2D eigenvalue weighted by atomic mass is 9.99. The third kappa shape index (κ3) is 4.00. The van der Waals surface area contributed by atoms with Crippen molar-refractivity contribution in [2.75, 3.05) is 11.1 Å². The number of fused-ring (bicyclic) bond motifs is 1. The molecule has 0 aliphatic carbocycles. The van der Waals surface area contributed by atoms with E-state index in [4.69, 9.17) is 5.10 Å². The summed E-state index contributed by atoms with van der Waals surface area (Å²) in [6.45, 7) is 3.70. The van der Waals surface area contributed by atoms with Gasteiger partial charge >= 0.3 is 0 Å². The minimum absolute atomic E-state index is 0.0953. The van der Waals surface area contributed by atoms with Crippen LogP contribution in [-0.2, 0) is 4.79 Å². The van der Waals surface area contributed by atoms with Crippen molar-refractivity contribution in [2.24, 2.45) is 0 Å². The van der Waals surface area contributed by atoms with Gasteiger partial charge in [-0.05, 0) is 26.0 Å². The molecule has 5 rings (SSSR count). The Kier molecular flexibility index (Phi) is 5.41. The molecule has 4 aromatic rings. The summed E-state index contributed by atoms with van der Waals surface area (Å²) in [6.07, 6.45) is 0. The van der Waals surface area contributed by atoms with E-state index in [1.807, 2.05) is 50.2 Å². The van der Waals surface area contributed by atoms with Gasteiger partial charge in [-0.1, -0.05) is 36.4 Å². The Hall–Kier alpha value is -3.59. The number of halogens is 2. The summed E-state index contributed by atoms with van der Waals surface area (Å²) in [4.78, 5) is 21.7. The fourth-order valence-electron chi connectivity index (χ4n) is 3.92. The van der Waals surface area contributed by atoms with Crippen LogP contribution in [0.4, 0.5) is 14.6 Å². The number of thioether (sulfide) groups is 1. The number of rotatable bonds is 3. The highest BCUT2D eigenvalue weighted by Gasteiger charge is 2.34. The van der Waals surface area contributed by atoms with E-state index in [0.717, 1.165) is 23.0 Å². The Morgan fingerprint density at radius 1 is 1.03 bits per heavy atom. The van der Waals surface area contributed by atoms with E-state index in [1.54, 1.807) is 0 Å². The molecule has 0 radical (unpaired) electrons. The monoisotopic (exact) mass is 463 g/mol. The number of aryl methyl sites for hydroxylation is 2. The van der Waals surface area contributed by atoms with Crippen molar-refractivity contribution >= 4 is 23.5 Å². The summed E-state index contributed by atoms with van der Waals surface area (Å²) in [7, 11) is 0. The van der Waals surface area contributed by atoms with Crippen LogP contribution in [0.15, 0.2) is 54.6 Å². The van der Waals surface area contributed by atoms with E-state index < -0.39 is 16.9 Å². The molecule has 1 aliphatic rings. The molecule has 1 N–H and O–H groups in total. The Bertz CT molecular complexity index is 1350. The molecule has 0 bridgehead atoms. The van der Waals surface area contributed by atoms with Gasteiger partial charge in [0.05, 0.1) is 16.7 Å². The number of carbonyl (C=O) groups excluding carboxylic acids is 1. The summed E-state index contributed by atoms with van der Waals surface area (Å²) in [5.41, 5.74) is 3.75. The van der Waals surface area contributed by atoms with E-state index in [9.17, 15) is 13.6 Å². The molecule has 1 amide bonds. The summed E-state index contributed by atoms with van der Waals surface area (Å²) in [5, 5.41) is 7.09. The van der Waals surface area contributed by atoms with Gasteiger partial charge in [-0.25, -0.2) is 18.7 Å². The minimum Gasteiger partial charge on any atom is -0.309 e. The van der Waals surface area contributed by atoms with Crippen LogP contribution in [0.1, 0.15) is 27.8 Å². The molecule has 9 heteroatoms. The van der Waals surface area contributed by atoms with E-state index in [2.05, 4.69) is 15.3 Å². The lowest BCUT2D eigenvalue weighted by molar-refractivity contribution is -0.113. The molecule has 0 spiro atoms. The number of amides is 1. The third-order valence-electron chi connectivity index (χ3n) is 5.28. The van der Waals surface area contributed by atoms with Crippen molar-refractivity contribution in [3.8, 4) is 17.2 Å². The second-order valence-electron chi connectivity index (χ2n) is 7.74. The first-order chi connectivity index (χ1) is 15.9. The molecule has 0 saturated carbocycles. The summed E-state index contributed by atoms with van der Waals surface area (Å²) in [6, 6.07) is 14.8. The molecule has 33 heavy (non-hydrogen) atoms. The van der Waals surface area contributed by atoms with Gasteiger partial charge in [0, 0.05) is 34.1 Å². The summed E-state index contributed by atoms with van der Waals surface area (Å²) >= 11 is 1.26. The van der Waals surface area contributed by atoms with Crippen molar-refractivity contribution in [1.82, 2.24) is 19.7 Å². The molecule has 1 atom stereocenters. The van der Waals surface area contributed by atoms with Gasteiger partial charge < -0.3 is 5.32 Å². The first-order valence-corrected chi connectivity index (χ1v) is 11.3. The maximum absolute atomic E-state index is 14.9. The number of nitrogens with zero attached hydrogens (tertiary/aromatic N) is 4. The highest BCUT2D eigenvalue weighted by molar-refractivity contribution is 8.00. The molecule has 166 valence electrons. The first kappa shape index (κ1) is 21.3. The Balaban J connectivity index is 1.82. The summed E-state index contributed by atoms with van der Waals surface area (Å²) in [5.74, 6) is -0.817. The van der Waals surface area contributed by atoms with Crippen molar-refractivity contribution in [3.63, 3.8) is 0 Å². The number of hydrogen-bond acceptors (Lipinski definition) is 5. The van der Waals surface area contributed by atoms with Crippen molar-refractivity contribution in [3.05, 3.63) is 88.7 Å². The Morgan fingerprint density at radius 2 is 1.76 bits per heavy atom. The molecule has 2 aromatic carbocycles. The molecule has 2 aromatic heterocycles. The average molecular weight is 464 g/mol. The van der Waals surface area contributed by atoms with Crippen LogP contribution in [0.5, 0.6) is 0 Å². The topological polar surface area (TPSA) is 72.7 Å². The lowest BCUT2D eigenvalue weighted by Gasteiger charge is -2.17. The second-order valence-corrected chi connectivity index (χ2v) is 8.84. The average Bonchev–Trinajstić information content (AvgIpc) is 3.05. The maximum atomic E-state index is 14.9. The third-order valence-corrected chi connectivity index (χ3v) is 6.53. The minimum atomic E-state index is -0.679. The van der Waals surface area contributed by atoms with Crippen LogP contribution in [0.3, 0.4) is 0 Å². The van der Waals surface area contributed by atoms with Crippen LogP contribution in [-0.4, -0.2) is 31.4 Å². The van der Waals surface area contributed by atoms with Crippen molar-refractivity contribution < 1.29 is 13.6 Å². The second kappa shape index (κ2) is 8.40. The van der Waals surface area contributed by atoms with E-state index >= 15 is 0 Å². The van der Waals surface area contributed by atoms with Gasteiger partial charge in [-0.15, -0.1) is 11.8 Å². The van der Waals surface area contributed by atoms with Gasteiger partial charge in [0.2, 0.25) is 5.91 Å². The zero-order valence-corrected chi connectivity index (χ0v) is 18.7. The number of hydrogen-bond donors (Lipinski definition) is 1. The van der Waals surface area contributed by atoms with E-state index in [1.165, 1.54) is 28.6 Å². The smallest absolute Gasteiger partial charge is 0.252 e. The quantitative estimate of drug-likeness (QED) is 0.463. The zero-order chi connectivity index (χ0) is 23.1. The van der Waals surface area contributed by atoms with Gasteiger partial charge in [-0.2, -0.15) is 9.78 Å². The van der Waals surface area contributed by atoms with Crippen LogP contribution >= 0.6 is 11.8 Å². The van der Waals surface area contributed by atoms with Gasteiger partial charge in [0.1, 0.15) is 17.5 Å². The number of nitrogens with one attached hydrogen (secondary N) is 1. The van der Waals surface area contributed by atoms with E-state index in [-0.39, 0.29) is 17.2 Å². The molecule has 1 aliphatic heterocycles. The molecule has 3 heterocycles. The highest BCUT2D eigenvalue weighted by atomic mass is 32.2. The van der Waals surface area contributed by atoms with Crippen LogP contribution in [0.2, 0.25) is 0 Å². The molecular formula is C24H19F2N5OS. The van der Waals surface area contributed by atoms with Gasteiger partial charge in [-0.3, -0.25) is 4.79 Å². The SMILES string of the molecule is Cc1cc(C)nc(-n2nc(-c3ccccc3)c3c2NC(=O)CS[C@@H]3c2ccc(F)cc2F)n1.